The Labute approximate surface area is 137 Å². The standard InChI is InChI=1S/C17H25ClN2O2/c1-6-12(2)19-15(21)20(14-9-7-8-13(18)10-14)17(5,22)11-16(19,3)4/h7-10,12,22H,6,11H2,1-5H3/t12-,17-/m0/s1. The van der Waals surface area contributed by atoms with Gasteiger partial charge in [-0.25, -0.2) is 4.79 Å². The topological polar surface area (TPSA) is 43.8 Å². The van der Waals surface area contributed by atoms with Gasteiger partial charge >= 0.3 is 6.03 Å². The number of hydrogen-bond donors (Lipinski definition) is 1. The van der Waals surface area contributed by atoms with Crippen molar-refractivity contribution in [2.45, 2.75) is 64.8 Å². The highest BCUT2D eigenvalue weighted by Gasteiger charge is 2.51. The Morgan fingerprint density at radius 1 is 1.36 bits per heavy atom. The molecule has 0 aromatic heterocycles. The average molecular weight is 325 g/mol. The second-order valence-electron chi connectivity index (χ2n) is 6.93. The first-order valence-electron chi connectivity index (χ1n) is 7.71. The second kappa shape index (κ2) is 5.74. The van der Waals surface area contributed by atoms with Crippen LogP contribution in [0.1, 0.15) is 47.5 Å². The highest BCUT2D eigenvalue weighted by molar-refractivity contribution is 6.30. The maximum absolute atomic E-state index is 13.1. The van der Waals surface area contributed by atoms with Crippen molar-refractivity contribution < 1.29 is 9.90 Å². The molecule has 0 saturated carbocycles. The number of carbonyl (C=O) groups excluding carboxylic acids is 1. The van der Waals surface area contributed by atoms with Crippen LogP contribution in [0.15, 0.2) is 24.3 Å². The summed E-state index contributed by atoms with van der Waals surface area (Å²) in [5.41, 5.74) is -1.05. The molecular weight excluding hydrogens is 300 g/mol. The summed E-state index contributed by atoms with van der Waals surface area (Å²) in [4.78, 5) is 16.4. The molecule has 0 unspecified atom stereocenters. The number of aliphatic hydroxyl groups is 1. The fraction of sp³-hybridized carbons (Fsp3) is 0.588. The summed E-state index contributed by atoms with van der Waals surface area (Å²) < 4.78 is 0. The lowest BCUT2D eigenvalue weighted by atomic mass is 9.86. The van der Waals surface area contributed by atoms with E-state index in [4.69, 9.17) is 11.6 Å². The summed E-state index contributed by atoms with van der Waals surface area (Å²) in [5, 5.41) is 11.4. The number of nitrogens with zero attached hydrogens (tertiary/aromatic N) is 2. The predicted octanol–water partition coefficient (Wildman–Crippen LogP) is 4.26. The number of hydrogen-bond acceptors (Lipinski definition) is 2. The fourth-order valence-electron chi connectivity index (χ4n) is 3.53. The van der Waals surface area contributed by atoms with Crippen LogP contribution in [0.5, 0.6) is 0 Å². The van der Waals surface area contributed by atoms with Gasteiger partial charge in [-0.1, -0.05) is 24.6 Å². The van der Waals surface area contributed by atoms with E-state index in [1.807, 2.05) is 25.7 Å². The van der Waals surface area contributed by atoms with Gasteiger partial charge in [-0.3, -0.25) is 4.90 Å². The normalized spacial score (nSPS) is 26.2. The third kappa shape index (κ3) is 2.95. The molecule has 4 nitrogen and oxygen atoms in total. The van der Waals surface area contributed by atoms with Gasteiger partial charge < -0.3 is 10.0 Å². The van der Waals surface area contributed by atoms with Gasteiger partial charge in [0.2, 0.25) is 0 Å². The Morgan fingerprint density at radius 2 is 2.00 bits per heavy atom. The van der Waals surface area contributed by atoms with Crippen LogP contribution in [-0.4, -0.2) is 33.3 Å². The van der Waals surface area contributed by atoms with Crippen LogP contribution in [-0.2, 0) is 0 Å². The van der Waals surface area contributed by atoms with Gasteiger partial charge in [-0.2, -0.15) is 0 Å². The average Bonchev–Trinajstić information content (AvgIpc) is 2.35. The zero-order valence-electron chi connectivity index (χ0n) is 13.9. The van der Waals surface area contributed by atoms with Crippen LogP contribution in [0.4, 0.5) is 10.5 Å². The summed E-state index contributed by atoms with van der Waals surface area (Å²) in [6.45, 7) is 9.78. The summed E-state index contributed by atoms with van der Waals surface area (Å²) in [7, 11) is 0. The van der Waals surface area contributed by atoms with E-state index in [1.165, 1.54) is 4.90 Å². The van der Waals surface area contributed by atoms with E-state index in [-0.39, 0.29) is 12.1 Å². The molecule has 122 valence electrons. The minimum atomic E-state index is -1.25. The fourth-order valence-corrected chi connectivity index (χ4v) is 3.71. The van der Waals surface area contributed by atoms with Crippen molar-refractivity contribution in [1.82, 2.24) is 4.90 Å². The molecule has 1 aliphatic rings. The highest BCUT2D eigenvalue weighted by Crippen LogP contribution is 2.40. The quantitative estimate of drug-likeness (QED) is 0.903. The summed E-state index contributed by atoms with van der Waals surface area (Å²) in [5.74, 6) is 0. The highest BCUT2D eigenvalue weighted by atomic mass is 35.5. The maximum Gasteiger partial charge on any atom is 0.327 e. The third-order valence-corrected chi connectivity index (χ3v) is 4.63. The van der Waals surface area contributed by atoms with E-state index in [2.05, 4.69) is 6.92 Å². The largest absolute Gasteiger partial charge is 0.371 e. The lowest BCUT2D eigenvalue weighted by Gasteiger charge is -2.55. The number of carbonyl (C=O) groups is 1. The Bertz CT molecular complexity index is 572. The minimum Gasteiger partial charge on any atom is -0.371 e. The summed E-state index contributed by atoms with van der Waals surface area (Å²) in [6, 6.07) is 6.96. The van der Waals surface area contributed by atoms with E-state index in [9.17, 15) is 9.90 Å². The zero-order chi connectivity index (χ0) is 16.7. The van der Waals surface area contributed by atoms with Crippen molar-refractivity contribution in [2.24, 2.45) is 0 Å². The van der Waals surface area contributed by atoms with Crippen LogP contribution in [0.2, 0.25) is 5.02 Å². The Morgan fingerprint density at radius 3 is 2.55 bits per heavy atom. The smallest absolute Gasteiger partial charge is 0.327 e. The number of rotatable bonds is 3. The van der Waals surface area contributed by atoms with E-state index in [0.717, 1.165) is 6.42 Å². The molecule has 0 aliphatic carbocycles. The van der Waals surface area contributed by atoms with Crippen molar-refractivity contribution in [2.75, 3.05) is 4.90 Å². The molecule has 1 N–H and O–H groups in total. The van der Waals surface area contributed by atoms with E-state index in [1.54, 1.807) is 31.2 Å². The lowest BCUT2D eigenvalue weighted by Crippen LogP contribution is -2.69. The van der Waals surface area contributed by atoms with Crippen molar-refractivity contribution >= 4 is 23.3 Å². The Hall–Kier alpha value is -1.26. The zero-order valence-corrected chi connectivity index (χ0v) is 14.7. The van der Waals surface area contributed by atoms with E-state index < -0.39 is 11.3 Å². The Balaban J connectivity index is 2.50. The molecule has 5 heteroatoms. The van der Waals surface area contributed by atoms with Crippen molar-refractivity contribution in [1.29, 1.82) is 0 Å². The first kappa shape index (κ1) is 17.1. The van der Waals surface area contributed by atoms with Gasteiger partial charge in [0.15, 0.2) is 0 Å². The summed E-state index contributed by atoms with van der Waals surface area (Å²) in [6.07, 6.45) is 1.32. The van der Waals surface area contributed by atoms with Gasteiger partial charge in [0, 0.05) is 28.7 Å². The first-order valence-corrected chi connectivity index (χ1v) is 8.09. The number of amides is 2. The molecular formula is C17H25ClN2O2. The predicted molar refractivity (Wildman–Crippen MR) is 90.2 cm³/mol. The molecule has 1 aromatic rings. The number of urea groups is 1. The van der Waals surface area contributed by atoms with Crippen LogP contribution in [0.3, 0.4) is 0 Å². The molecule has 2 amide bonds. The molecule has 1 fully saturated rings. The molecule has 0 spiro atoms. The maximum atomic E-state index is 13.1. The number of halogens is 1. The molecule has 0 bridgehead atoms. The molecule has 22 heavy (non-hydrogen) atoms. The second-order valence-corrected chi connectivity index (χ2v) is 7.37. The van der Waals surface area contributed by atoms with Gasteiger partial charge in [-0.05, 0) is 52.3 Å². The minimum absolute atomic E-state index is 0.0975. The van der Waals surface area contributed by atoms with Crippen molar-refractivity contribution in [3.8, 4) is 0 Å². The molecule has 2 rings (SSSR count). The monoisotopic (exact) mass is 324 g/mol. The van der Waals surface area contributed by atoms with Crippen LogP contribution in [0, 0.1) is 0 Å². The Kier molecular flexibility index (Phi) is 4.46. The van der Waals surface area contributed by atoms with Gasteiger partial charge in [0.25, 0.3) is 0 Å². The van der Waals surface area contributed by atoms with Gasteiger partial charge in [0.05, 0.1) is 0 Å². The lowest BCUT2D eigenvalue weighted by molar-refractivity contribution is -0.0358. The van der Waals surface area contributed by atoms with Crippen LogP contribution in [0.25, 0.3) is 0 Å². The van der Waals surface area contributed by atoms with Gasteiger partial charge in [0.1, 0.15) is 5.72 Å². The molecule has 1 saturated heterocycles. The van der Waals surface area contributed by atoms with Crippen molar-refractivity contribution in [3.63, 3.8) is 0 Å². The molecule has 1 aliphatic heterocycles. The van der Waals surface area contributed by atoms with E-state index in [0.29, 0.717) is 17.1 Å². The van der Waals surface area contributed by atoms with Crippen LogP contribution < -0.4 is 4.90 Å². The van der Waals surface area contributed by atoms with E-state index >= 15 is 0 Å². The molecule has 0 radical (unpaired) electrons. The molecule has 1 heterocycles. The molecule has 1 aromatic carbocycles. The first-order chi connectivity index (χ1) is 10.1. The van der Waals surface area contributed by atoms with Crippen molar-refractivity contribution in [3.05, 3.63) is 29.3 Å². The number of anilines is 1. The number of benzene rings is 1. The third-order valence-electron chi connectivity index (χ3n) is 4.40. The SMILES string of the molecule is CC[C@H](C)N1C(=O)N(c2cccc(Cl)c2)[C@@](C)(O)CC1(C)C. The van der Waals surface area contributed by atoms with Gasteiger partial charge in [-0.15, -0.1) is 0 Å². The summed E-state index contributed by atoms with van der Waals surface area (Å²) >= 11 is 6.05. The molecule has 2 atom stereocenters. The van der Waals surface area contributed by atoms with Crippen LogP contribution >= 0.6 is 11.6 Å².